The van der Waals surface area contributed by atoms with Crippen LogP contribution in [0, 0.1) is 13.8 Å². The Labute approximate surface area is 160 Å². The number of aryl methyl sites for hydroxylation is 2. The Morgan fingerprint density at radius 2 is 2.04 bits per heavy atom. The van der Waals surface area contributed by atoms with Gasteiger partial charge in [-0.05, 0) is 43.7 Å². The fourth-order valence-corrected chi connectivity index (χ4v) is 3.77. The molecule has 4 rings (SSSR count). The molecule has 0 aliphatic carbocycles. The Kier molecular flexibility index (Phi) is 4.37. The summed E-state index contributed by atoms with van der Waals surface area (Å²) in [5.74, 6) is 0.277. The van der Waals surface area contributed by atoms with Crippen molar-refractivity contribution in [2.75, 3.05) is 17.2 Å². The van der Waals surface area contributed by atoms with Crippen molar-refractivity contribution in [1.29, 1.82) is 0 Å². The van der Waals surface area contributed by atoms with Crippen molar-refractivity contribution in [3.63, 3.8) is 0 Å². The smallest absolute Gasteiger partial charge is 0.262 e. The molecule has 1 aliphatic heterocycles. The highest BCUT2D eigenvalue weighted by Gasteiger charge is 2.19. The van der Waals surface area contributed by atoms with Crippen LogP contribution >= 0.6 is 11.3 Å². The number of nitrogens with zero attached hydrogens (tertiary/aromatic N) is 1. The zero-order valence-electron chi connectivity index (χ0n) is 14.8. The summed E-state index contributed by atoms with van der Waals surface area (Å²) >= 11 is 1.41. The van der Waals surface area contributed by atoms with Crippen LogP contribution in [-0.2, 0) is 4.79 Å². The van der Waals surface area contributed by atoms with Gasteiger partial charge in [-0.3, -0.25) is 14.9 Å². The minimum Gasteiger partial charge on any atom is -0.482 e. The molecule has 0 fully saturated rings. The number of nitrogens with one attached hydrogen (secondary N) is 2. The minimum atomic E-state index is -0.181. The lowest BCUT2D eigenvalue weighted by atomic mass is 10.1. The van der Waals surface area contributed by atoms with Crippen molar-refractivity contribution in [3.8, 4) is 17.0 Å². The van der Waals surface area contributed by atoms with Crippen LogP contribution in [0.3, 0.4) is 0 Å². The van der Waals surface area contributed by atoms with Crippen LogP contribution < -0.4 is 15.4 Å². The molecule has 0 bridgehead atoms. The van der Waals surface area contributed by atoms with Gasteiger partial charge in [0.15, 0.2) is 11.7 Å². The predicted octanol–water partition coefficient (Wildman–Crippen LogP) is 4.01. The van der Waals surface area contributed by atoms with Crippen molar-refractivity contribution in [1.82, 2.24) is 4.98 Å². The zero-order valence-corrected chi connectivity index (χ0v) is 15.6. The number of thiazole rings is 1. The molecule has 0 radical (unpaired) electrons. The molecule has 2 N–H and O–H groups in total. The summed E-state index contributed by atoms with van der Waals surface area (Å²) in [6, 6.07) is 13.0. The molecule has 6 nitrogen and oxygen atoms in total. The van der Waals surface area contributed by atoms with Crippen molar-refractivity contribution < 1.29 is 14.3 Å². The van der Waals surface area contributed by atoms with Gasteiger partial charge in [-0.25, -0.2) is 4.98 Å². The number of ether oxygens (including phenoxy) is 1. The number of hydrogen-bond donors (Lipinski definition) is 2. The highest BCUT2D eigenvalue weighted by Crippen LogP contribution is 2.36. The predicted molar refractivity (Wildman–Crippen MR) is 106 cm³/mol. The maximum Gasteiger partial charge on any atom is 0.262 e. The fraction of sp³-hybridized carbons (Fsp3) is 0.150. The van der Waals surface area contributed by atoms with Gasteiger partial charge in [0, 0.05) is 16.0 Å². The van der Waals surface area contributed by atoms with Gasteiger partial charge in [0.05, 0.1) is 11.4 Å². The third-order valence-electron chi connectivity index (χ3n) is 4.29. The van der Waals surface area contributed by atoms with E-state index >= 15 is 0 Å². The van der Waals surface area contributed by atoms with Gasteiger partial charge < -0.3 is 10.1 Å². The molecule has 0 atom stereocenters. The van der Waals surface area contributed by atoms with E-state index in [2.05, 4.69) is 15.6 Å². The maximum atomic E-state index is 12.5. The summed E-state index contributed by atoms with van der Waals surface area (Å²) in [7, 11) is 0. The second-order valence-corrected chi connectivity index (χ2v) is 7.44. The summed E-state index contributed by atoms with van der Waals surface area (Å²) in [5.41, 5.74) is 3.78. The molecule has 0 saturated heterocycles. The van der Waals surface area contributed by atoms with Crippen molar-refractivity contribution in [3.05, 3.63) is 58.5 Å². The minimum absolute atomic E-state index is 0.0250. The van der Waals surface area contributed by atoms with Crippen LogP contribution in [0.1, 0.15) is 20.8 Å². The molecule has 1 aromatic heterocycles. The number of carbonyl (C=O) groups is 2. The quantitative estimate of drug-likeness (QED) is 0.721. The number of carbonyl (C=O) groups excluding carboxylic acids is 2. The van der Waals surface area contributed by atoms with Crippen LogP contribution in [0.4, 0.5) is 10.8 Å². The molecule has 1 aliphatic rings. The van der Waals surface area contributed by atoms with Crippen molar-refractivity contribution >= 4 is 34.0 Å². The first-order chi connectivity index (χ1) is 13.0. The number of rotatable bonds is 3. The second kappa shape index (κ2) is 6.85. The van der Waals surface area contributed by atoms with Crippen LogP contribution in [0.2, 0.25) is 0 Å². The molecule has 0 spiro atoms. The van der Waals surface area contributed by atoms with Crippen LogP contribution in [-0.4, -0.2) is 23.4 Å². The first-order valence-corrected chi connectivity index (χ1v) is 9.24. The topological polar surface area (TPSA) is 80.3 Å². The Morgan fingerprint density at radius 1 is 1.22 bits per heavy atom. The lowest BCUT2D eigenvalue weighted by Crippen LogP contribution is -2.25. The number of hydrogen-bond acceptors (Lipinski definition) is 5. The normalized spacial score (nSPS) is 12.7. The van der Waals surface area contributed by atoms with Crippen LogP contribution in [0.15, 0.2) is 42.5 Å². The summed E-state index contributed by atoms with van der Waals surface area (Å²) < 4.78 is 5.39. The van der Waals surface area contributed by atoms with E-state index in [1.807, 2.05) is 50.2 Å². The van der Waals surface area contributed by atoms with E-state index in [4.69, 9.17) is 4.74 Å². The summed E-state index contributed by atoms with van der Waals surface area (Å²) in [4.78, 5) is 29.6. The first-order valence-electron chi connectivity index (χ1n) is 8.43. The van der Waals surface area contributed by atoms with Gasteiger partial charge in [0.25, 0.3) is 11.8 Å². The lowest BCUT2D eigenvalue weighted by molar-refractivity contribution is -0.118. The summed E-state index contributed by atoms with van der Waals surface area (Å²) in [5, 5.41) is 6.21. The second-order valence-electron chi connectivity index (χ2n) is 6.24. The van der Waals surface area contributed by atoms with E-state index in [0.29, 0.717) is 22.1 Å². The SMILES string of the molecule is Cc1ccccc1C(=O)Nc1nc(-c2ccc3c(c2)NC(=O)CO3)c(C)s1. The van der Waals surface area contributed by atoms with Crippen LogP contribution in [0.5, 0.6) is 5.75 Å². The van der Waals surface area contributed by atoms with E-state index in [9.17, 15) is 9.59 Å². The van der Waals surface area contributed by atoms with E-state index in [1.54, 1.807) is 6.07 Å². The van der Waals surface area contributed by atoms with Crippen LogP contribution in [0.25, 0.3) is 11.3 Å². The zero-order chi connectivity index (χ0) is 19.0. The number of fused-ring (bicyclic) bond motifs is 1. The Hall–Kier alpha value is -3.19. The van der Waals surface area contributed by atoms with Gasteiger partial charge in [-0.15, -0.1) is 11.3 Å². The van der Waals surface area contributed by atoms with Crippen molar-refractivity contribution in [2.24, 2.45) is 0 Å². The van der Waals surface area contributed by atoms with Gasteiger partial charge in [-0.1, -0.05) is 18.2 Å². The lowest BCUT2D eigenvalue weighted by Gasteiger charge is -2.18. The highest BCUT2D eigenvalue weighted by atomic mass is 32.1. The molecule has 136 valence electrons. The molecule has 2 aromatic carbocycles. The number of aromatic nitrogens is 1. The largest absolute Gasteiger partial charge is 0.482 e. The van der Waals surface area contributed by atoms with Crippen molar-refractivity contribution in [2.45, 2.75) is 13.8 Å². The molecule has 7 heteroatoms. The average molecular weight is 379 g/mol. The molecule has 27 heavy (non-hydrogen) atoms. The molecule has 2 amide bonds. The number of anilines is 2. The maximum absolute atomic E-state index is 12.5. The van der Waals surface area contributed by atoms with Gasteiger partial charge in [-0.2, -0.15) is 0 Å². The van der Waals surface area contributed by atoms with E-state index < -0.39 is 0 Å². The van der Waals surface area contributed by atoms with E-state index in [1.165, 1.54) is 11.3 Å². The van der Waals surface area contributed by atoms with E-state index in [-0.39, 0.29) is 18.4 Å². The molecule has 0 saturated carbocycles. The Bertz CT molecular complexity index is 1060. The number of benzene rings is 2. The van der Waals surface area contributed by atoms with Gasteiger partial charge in [0.1, 0.15) is 5.75 Å². The molecular formula is C20H17N3O3S. The highest BCUT2D eigenvalue weighted by molar-refractivity contribution is 7.16. The Balaban J connectivity index is 1.61. The standard InChI is InChI=1S/C20H17N3O3S/c1-11-5-3-4-6-14(11)19(25)23-20-22-18(12(2)27-20)13-7-8-16-15(9-13)21-17(24)10-26-16/h3-9H,10H2,1-2H3,(H,21,24)(H,22,23,25). The third kappa shape index (κ3) is 3.41. The number of amides is 2. The molecule has 2 heterocycles. The summed E-state index contributed by atoms with van der Waals surface area (Å²) in [6.45, 7) is 3.87. The molecule has 3 aromatic rings. The molecular weight excluding hydrogens is 362 g/mol. The molecule has 0 unspecified atom stereocenters. The Morgan fingerprint density at radius 3 is 2.85 bits per heavy atom. The average Bonchev–Trinajstić information content (AvgIpc) is 3.01. The van der Waals surface area contributed by atoms with Gasteiger partial charge >= 0.3 is 0 Å². The summed E-state index contributed by atoms with van der Waals surface area (Å²) in [6.07, 6.45) is 0. The van der Waals surface area contributed by atoms with E-state index in [0.717, 1.165) is 21.7 Å². The fourth-order valence-electron chi connectivity index (χ4n) is 2.94. The first kappa shape index (κ1) is 17.2. The van der Waals surface area contributed by atoms with Gasteiger partial charge in [0.2, 0.25) is 0 Å². The monoisotopic (exact) mass is 379 g/mol. The third-order valence-corrected chi connectivity index (χ3v) is 5.18.